The van der Waals surface area contributed by atoms with Gasteiger partial charge in [-0.3, -0.25) is 14.6 Å². The first kappa shape index (κ1) is 20.6. The van der Waals surface area contributed by atoms with Gasteiger partial charge in [-0.05, 0) is 44.2 Å². The van der Waals surface area contributed by atoms with Crippen LogP contribution in [0.15, 0.2) is 24.5 Å². The van der Waals surface area contributed by atoms with Gasteiger partial charge in [-0.1, -0.05) is 19.3 Å². The van der Waals surface area contributed by atoms with E-state index in [2.05, 4.69) is 19.5 Å². The van der Waals surface area contributed by atoms with Crippen molar-refractivity contribution in [2.24, 2.45) is 5.41 Å². The number of rotatable bonds is 9. The first-order chi connectivity index (χ1) is 13.6. The molecule has 0 radical (unpaired) electrons. The number of pyridine rings is 1. The molecule has 2 aliphatic rings. The zero-order valence-corrected chi connectivity index (χ0v) is 17.1. The highest BCUT2D eigenvalue weighted by Gasteiger charge is 2.47. The van der Waals surface area contributed by atoms with Crippen molar-refractivity contribution in [1.82, 2.24) is 9.88 Å². The molecule has 2 aliphatic heterocycles. The molecular weight excluding hydrogens is 354 g/mol. The topological polar surface area (TPSA) is 62.7 Å². The molecule has 0 atom stereocenters. The Balaban J connectivity index is 1.35. The number of likely N-dealkylation sites (tertiary alicyclic amines) is 1. The highest BCUT2D eigenvalue weighted by Crippen LogP contribution is 2.42. The number of esters is 1. The lowest BCUT2D eigenvalue weighted by atomic mass is 9.77. The van der Waals surface area contributed by atoms with Crippen LogP contribution in [0.4, 0.5) is 5.69 Å². The van der Waals surface area contributed by atoms with Gasteiger partial charge >= 0.3 is 5.97 Å². The number of hydrogen-bond donors (Lipinski definition) is 0. The van der Waals surface area contributed by atoms with Crippen LogP contribution in [0.1, 0.15) is 57.8 Å². The molecule has 6 nitrogen and oxygen atoms in total. The summed E-state index contributed by atoms with van der Waals surface area (Å²) in [6.07, 6.45) is 12.3. The minimum absolute atomic E-state index is 0.121. The third-order valence-corrected chi connectivity index (χ3v) is 6.39. The smallest absolute Gasteiger partial charge is 0.305 e. The second-order valence-electron chi connectivity index (χ2n) is 8.11. The number of hydrogen-bond acceptors (Lipinski definition) is 5. The minimum atomic E-state index is -0.122. The summed E-state index contributed by atoms with van der Waals surface area (Å²) >= 11 is 0. The first-order valence-electron chi connectivity index (χ1n) is 10.7. The Hall–Kier alpha value is -2.11. The van der Waals surface area contributed by atoms with E-state index in [1.165, 1.54) is 12.8 Å². The zero-order chi connectivity index (χ0) is 19.8. The number of unbranched alkanes of at least 4 members (excludes halogenated alkanes) is 4. The maximum Gasteiger partial charge on any atom is 0.305 e. The predicted molar refractivity (Wildman–Crippen MR) is 109 cm³/mol. The van der Waals surface area contributed by atoms with Crippen molar-refractivity contribution in [2.45, 2.75) is 57.8 Å². The third-order valence-electron chi connectivity index (χ3n) is 6.39. The van der Waals surface area contributed by atoms with E-state index in [9.17, 15) is 9.59 Å². The van der Waals surface area contributed by atoms with Gasteiger partial charge in [0.25, 0.3) is 0 Å². The van der Waals surface area contributed by atoms with Crippen LogP contribution in [-0.2, 0) is 14.3 Å². The van der Waals surface area contributed by atoms with Crippen LogP contribution in [0.3, 0.4) is 0 Å². The molecule has 1 spiro atoms. The Kier molecular flexibility index (Phi) is 7.29. The van der Waals surface area contributed by atoms with Gasteiger partial charge in [-0.25, -0.2) is 0 Å². The summed E-state index contributed by atoms with van der Waals surface area (Å²) in [4.78, 5) is 32.7. The van der Waals surface area contributed by atoms with Crippen molar-refractivity contribution in [3.05, 3.63) is 24.5 Å². The van der Waals surface area contributed by atoms with Crippen LogP contribution in [0.5, 0.6) is 0 Å². The molecule has 154 valence electrons. The van der Waals surface area contributed by atoms with Gasteiger partial charge in [0.2, 0.25) is 5.91 Å². The average molecular weight is 388 g/mol. The summed E-state index contributed by atoms with van der Waals surface area (Å²) in [6.45, 7) is 3.69. The van der Waals surface area contributed by atoms with Crippen LogP contribution in [0.25, 0.3) is 0 Å². The van der Waals surface area contributed by atoms with Gasteiger partial charge in [0.15, 0.2) is 0 Å². The SMILES string of the molecule is COC(=O)CCCCCCCN1CCC2(CCN(c3ccncc3)CC2)C1=O. The second-order valence-corrected chi connectivity index (χ2v) is 8.11. The standard InChI is InChI=1S/C22H33N3O3/c1-28-20(26)7-5-3-2-4-6-15-25-18-12-22(21(25)27)10-16-24(17-11-22)19-8-13-23-14-9-19/h8-9,13-14H,2-7,10-12,15-18H2,1H3. The molecular formula is C22H33N3O3. The molecule has 0 N–H and O–H groups in total. The maximum atomic E-state index is 13.0. The summed E-state index contributed by atoms with van der Waals surface area (Å²) in [7, 11) is 1.44. The molecule has 2 fully saturated rings. The Labute approximate surface area is 168 Å². The first-order valence-corrected chi connectivity index (χ1v) is 10.7. The Morgan fingerprint density at radius 3 is 2.39 bits per heavy atom. The lowest BCUT2D eigenvalue weighted by Crippen LogP contribution is -2.44. The lowest BCUT2D eigenvalue weighted by molar-refractivity contribution is -0.140. The van der Waals surface area contributed by atoms with Crippen LogP contribution >= 0.6 is 0 Å². The number of carbonyl (C=O) groups is 2. The number of methoxy groups -OCH3 is 1. The molecule has 0 bridgehead atoms. The molecule has 1 amide bonds. The monoisotopic (exact) mass is 387 g/mol. The number of amides is 1. The molecule has 28 heavy (non-hydrogen) atoms. The van der Waals surface area contributed by atoms with Crippen LogP contribution < -0.4 is 4.90 Å². The molecule has 2 saturated heterocycles. The molecule has 3 rings (SSSR count). The molecule has 6 heteroatoms. The van der Waals surface area contributed by atoms with Crippen LogP contribution in [0.2, 0.25) is 0 Å². The van der Waals surface area contributed by atoms with E-state index in [4.69, 9.17) is 0 Å². The number of carbonyl (C=O) groups excluding carboxylic acids is 2. The van der Waals surface area contributed by atoms with E-state index >= 15 is 0 Å². The molecule has 0 unspecified atom stereocenters. The lowest BCUT2D eigenvalue weighted by Gasteiger charge is -2.39. The second kappa shape index (κ2) is 9.89. The van der Waals surface area contributed by atoms with E-state index in [1.54, 1.807) is 0 Å². The zero-order valence-electron chi connectivity index (χ0n) is 17.1. The fourth-order valence-corrected chi connectivity index (χ4v) is 4.52. The minimum Gasteiger partial charge on any atom is -0.469 e. The molecule has 0 saturated carbocycles. The summed E-state index contributed by atoms with van der Waals surface area (Å²) in [6, 6.07) is 4.10. The fraction of sp³-hybridized carbons (Fsp3) is 0.682. The molecule has 1 aromatic rings. The maximum absolute atomic E-state index is 13.0. The Morgan fingerprint density at radius 1 is 1.04 bits per heavy atom. The third kappa shape index (κ3) is 5.03. The van der Waals surface area contributed by atoms with Crippen molar-refractivity contribution in [3.8, 4) is 0 Å². The number of nitrogens with zero attached hydrogens (tertiary/aromatic N) is 3. The summed E-state index contributed by atoms with van der Waals surface area (Å²) in [5, 5.41) is 0. The van der Waals surface area contributed by atoms with Crippen molar-refractivity contribution >= 4 is 17.6 Å². The molecule has 0 aromatic carbocycles. The van der Waals surface area contributed by atoms with Gasteiger partial charge in [0.1, 0.15) is 0 Å². The van der Waals surface area contributed by atoms with Crippen LogP contribution in [-0.4, -0.2) is 55.0 Å². The Morgan fingerprint density at radius 2 is 1.68 bits per heavy atom. The van der Waals surface area contributed by atoms with Gasteiger partial charge < -0.3 is 14.5 Å². The van der Waals surface area contributed by atoms with E-state index in [1.807, 2.05) is 24.5 Å². The summed E-state index contributed by atoms with van der Waals surface area (Å²) in [5.74, 6) is 0.260. The number of piperidine rings is 1. The van der Waals surface area contributed by atoms with Crippen molar-refractivity contribution < 1.29 is 14.3 Å². The van der Waals surface area contributed by atoms with Gasteiger partial charge in [-0.15, -0.1) is 0 Å². The van der Waals surface area contributed by atoms with E-state index in [0.717, 1.165) is 77.5 Å². The van der Waals surface area contributed by atoms with Gasteiger partial charge in [0, 0.05) is 50.7 Å². The normalized spacial score (nSPS) is 18.7. The van der Waals surface area contributed by atoms with Crippen molar-refractivity contribution in [2.75, 3.05) is 38.2 Å². The van der Waals surface area contributed by atoms with Crippen molar-refractivity contribution in [1.29, 1.82) is 0 Å². The summed E-state index contributed by atoms with van der Waals surface area (Å²) in [5.41, 5.74) is 1.09. The molecule has 1 aromatic heterocycles. The van der Waals surface area contributed by atoms with Crippen LogP contribution in [0, 0.1) is 5.41 Å². The van der Waals surface area contributed by atoms with Gasteiger partial charge in [0.05, 0.1) is 12.5 Å². The van der Waals surface area contributed by atoms with E-state index in [-0.39, 0.29) is 11.4 Å². The summed E-state index contributed by atoms with van der Waals surface area (Å²) < 4.78 is 4.65. The average Bonchev–Trinajstić information content (AvgIpc) is 3.03. The van der Waals surface area contributed by atoms with Gasteiger partial charge in [-0.2, -0.15) is 0 Å². The molecule has 3 heterocycles. The highest BCUT2D eigenvalue weighted by atomic mass is 16.5. The molecule has 0 aliphatic carbocycles. The van der Waals surface area contributed by atoms with Crippen molar-refractivity contribution in [3.63, 3.8) is 0 Å². The predicted octanol–water partition coefficient (Wildman–Crippen LogP) is 3.41. The number of ether oxygens (including phenoxy) is 1. The highest BCUT2D eigenvalue weighted by molar-refractivity contribution is 5.85. The number of aromatic nitrogens is 1. The Bertz CT molecular complexity index is 642. The van der Waals surface area contributed by atoms with E-state index in [0.29, 0.717) is 12.3 Å². The van der Waals surface area contributed by atoms with E-state index < -0.39 is 0 Å². The quantitative estimate of drug-likeness (QED) is 0.480. The fourth-order valence-electron chi connectivity index (χ4n) is 4.52. The number of anilines is 1. The largest absolute Gasteiger partial charge is 0.469 e.